The summed E-state index contributed by atoms with van der Waals surface area (Å²) in [5, 5.41) is 6.43. The average Bonchev–Trinajstić information content (AvgIpc) is 3.43. The van der Waals surface area contributed by atoms with E-state index in [2.05, 4.69) is 42.1 Å². The van der Waals surface area contributed by atoms with Crippen LogP contribution in [-0.2, 0) is 6.18 Å². The number of carbonyl (C=O) groups is 1. The molecule has 1 amide bonds. The molecule has 1 aliphatic rings. The van der Waals surface area contributed by atoms with Crippen LogP contribution in [0.4, 0.5) is 24.0 Å². The molecule has 0 unspecified atom stereocenters. The molecule has 1 saturated heterocycles. The first-order chi connectivity index (χ1) is 16.7. The van der Waals surface area contributed by atoms with Gasteiger partial charge in [-0.05, 0) is 44.3 Å². The summed E-state index contributed by atoms with van der Waals surface area (Å²) in [7, 11) is 2.06. The van der Waals surface area contributed by atoms with E-state index >= 15 is 0 Å². The minimum Gasteiger partial charge on any atom is -0.343 e. The van der Waals surface area contributed by atoms with Gasteiger partial charge in [0.2, 0.25) is 0 Å². The molecule has 0 saturated carbocycles. The molecule has 1 aliphatic heterocycles. The predicted octanol–water partition coefficient (Wildman–Crippen LogP) is 4.63. The van der Waals surface area contributed by atoms with Crippen molar-refractivity contribution in [3.05, 3.63) is 65.2 Å². The molecule has 35 heavy (non-hydrogen) atoms. The fourth-order valence-electron chi connectivity index (χ4n) is 3.94. The molecule has 0 radical (unpaired) electrons. The maximum Gasteiger partial charge on any atom is 0.416 e. The van der Waals surface area contributed by atoms with Crippen molar-refractivity contribution in [2.75, 3.05) is 25.5 Å². The summed E-state index contributed by atoms with van der Waals surface area (Å²) in [5.41, 5.74) is 1.69. The zero-order valence-corrected chi connectivity index (χ0v) is 19.7. The van der Waals surface area contributed by atoms with Crippen molar-refractivity contribution in [2.24, 2.45) is 0 Å². The Morgan fingerprint density at radius 3 is 2.57 bits per heavy atom. The molecule has 3 aromatic heterocycles. The number of nitrogens with zero attached hydrogens (tertiary/aromatic N) is 5. The summed E-state index contributed by atoms with van der Waals surface area (Å²) in [6.07, 6.45) is 0.637. The Hall–Kier alpha value is -3.51. The third kappa shape index (κ3) is 4.84. The fraction of sp³-hybridized carbons (Fsp3) is 0.304. The monoisotopic (exact) mass is 501 g/mol. The lowest BCUT2D eigenvalue weighted by atomic mass is 10.1. The number of halogens is 3. The largest absolute Gasteiger partial charge is 0.416 e. The summed E-state index contributed by atoms with van der Waals surface area (Å²) in [6, 6.07) is 6.47. The highest BCUT2D eigenvalue weighted by Gasteiger charge is 2.30. The number of fused-ring (bicyclic) bond motifs is 1. The Bertz CT molecular complexity index is 1360. The lowest BCUT2D eigenvalue weighted by Gasteiger charge is -2.37. The second-order valence-electron chi connectivity index (χ2n) is 8.55. The number of alkyl halides is 3. The van der Waals surface area contributed by atoms with E-state index in [1.165, 1.54) is 23.5 Å². The van der Waals surface area contributed by atoms with Crippen molar-refractivity contribution in [1.82, 2.24) is 29.7 Å². The Balaban J connectivity index is 1.24. The highest BCUT2D eigenvalue weighted by Crippen LogP contribution is 2.32. The summed E-state index contributed by atoms with van der Waals surface area (Å²) in [6.45, 7) is 3.70. The predicted molar refractivity (Wildman–Crippen MR) is 127 cm³/mol. The standard InChI is InChI=1S/C23H22F3N7OS/c1-13(20-9-28-22(35-20)31-15-5-3-14(4-6-15)23(24,25)26)30-21(34)17-7-19-18(8-27-17)29-12-33(19)16-10-32(2)11-16/h3-9,12-13,16H,10-11H2,1-2H3,(H,28,31)(H,30,34)/t13-/m1/s1. The number of rotatable bonds is 6. The summed E-state index contributed by atoms with van der Waals surface area (Å²) in [5.74, 6) is -0.316. The molecule has 0 spiro atoms. The maximum absolute atomic E-state index is 12.9. The number of amides is 1. The van der Waals surface area contributed by atoms with E-state index in [1.807, 2.05) is 6.92 Å². The summed E-state index contributed by atoms with van der Waals surface area (Å²) >= 11 is 1.31. The van der Waals surface area contributed by atoms with E-state index < -0.39 is 11.7 Å². The minimum absolute atomic E-state index is 0.298. The first-order valence-electron chi connectivity index (χ1n) is 10.9. The van der Waals surface area contributed by atoms with Crippen molar-refractivity contribution in [3.8, 4) is 0 Å². The summed E-state index contributed by atoms with van der Waals surface area (Å²) in [4.78, 5) is 28.8. The van der Waals surface area contributed by atoms with Gasteiger partial charge < -0.3 is 20.1 Å². The van der Waals surface area contributed by atoms with Gasteiger partial charge in [-0.3, -0.25) is 4.79 Å². The number of benzene rings is 1. The molecule has 1 aromatic carbocycles. The fourth-order valence-corrected chi connectivity index (χ4v) is 4.78. The molecule has 2 N–H and O–H groups in total. The van der Waals surface area contributed by atoms with Gasteiger partial charge in [0.1, 0.15) is 11.2 Å². The third-order valence-corrected chi connectivity index (χ3v) is 6.99. The van der Waals surface area contributed by atoms with Gasteiger partial charge in [0.25, 0.3) is 5.91 Å². The van der Waals surface area contributed by atoms with Crippen LogP contribution >= 0.6 is 11.3 Å². The third-order valence-electron chi connectivity index (χ3n) is 5.89. The van der Waals surface area contributed by atoms with Gasteiger partial charge in [-0.1, -0.05) is 11.3 Å². The van der Waals surface area contributed by atoms with E-state index in [-0.39, 0.29) is 11.9 Å². The van der Waals surface area contributed by atoms with Crippen LogP contribution in [0.5, 0.6) is 0 Å². The van der Waals surface area contributed by atoms with Crippen LogP contribution in [0.15, 0.2) is 49.1 Å². The van der Waals surface area contributed by atoms with Gasteiger partial charge in [-0.25, -0.2) is 15.0 Å². The van der Waals surface area contributed by atoms with Gasteiger partial charge in [0.15, 0.2) is 5.13 Å². The van der Waals surface area contributed by atoms with Crippen LogP contribution in [0, 0.1) is 0 Å². The summed E-state index contributed by atoms with van der Waals surface area (Å²) < 4.78 is 40.3. The van der Waals surface area contributed by atoms with Crippen LogP contribution in [0.2, 0.25) is 0 Å². The number of pyridine rings is 1. The van der Waals surface area contributed by atoms with Gasteiger partial charge >= 0.3 is 6.18 Å². The molecule has 4 heterocycles. The number of anilines is 2. The van der Waals surface area contributed by atoms with Gasteiger partial charge in [-0.2, -0.15) is 13.2 Å². The molecule has 0 aliphatic carbocycles. The second kappa shape index (κ2) is 8.93. The maximum atomic E-state index is 12.9. The smallest absolute Gasteiger partial charge is 0.343 e. The van der Waals surface area contributed by atoms with Crippen LogP contribution in [0.25, 0.3) is 11.0 Å². The zero-order valence-electron chi connectivity index (χ0n) is 18.9. The molecule has 1 fully saturated rings. The molecule has 12 heteroatoms. The Morgan fingerprint density at radius 1 is 1.14 bits per heavy atom. The average molecular weight is 502 g/mol. The number of likely N-dealkylation sites (N-methyl/N-ethyl adjacent to an activating group) is 1. The van der Waals surface area contributed by atoms with E-state index in [9.17, 15) is 18.0 Å². The highest BCUT2D eigenvalue weighted by atomic mass is 32.1. The quantitative estimate of drug-likeness (QED) is 0.401. The lowest BCUT2D eigenvalue weighted by Crippen LogP contribution is -2.44. The van der Waals surface area contributed by atoms with Crippen LogP contribution in [0.3, 0.4) is 0 Å². The Labute approximate surface area is 202 Å². The molecule has 0 bridgehead atoms. The van der Waals surface area contributed by atoms with Crippen molar-refractivity contribution < 1.29 is 18.0 Å². The Kier molecular flexibility index (Phi) is 5.93. The van der Waals surface area contributed by atoms with Gasteiger partial charge in [-0.15, -0.1) is 0 Å². The van der Waals surface area contributed by atoms with E-state index in [1.54, 1.807) is 24.8 Å². The molecular weight excluding hydrogens is 479 g/mol. The first-order valence-corrected chi connectivity index (χ1v) is 11.7. The molecule has 1 atom stereocenters. The zero-order chi connectivity index (χ0) is 24.7. The number of hydrogen-bond donors (Lipinski definition) is 2. The molecule has 182 valence electrons. The molecule has 8 nitrogen and oxygen atoms in total. The van der Waals surface area contributed by atoms with Crippen molar-refractivity contribution in [1.29, 1.82) is 0 Å². The normalized spacial score (nSPS) is 15.7. The number of carbonyl (C=O) groups excluding carboxylic acids is 1. The lowest BCUT2D eigenvalue weighted by molar-refractivity contribution is -0.137. The molecular formula is C23H22F3N7OS. The topological polar surface area (TPSA) is 88.0 Å². The van der Waals surface area contributed by atoms with Crippen molar-refractivity contribution >= 4 is 39.1 Å². The van der Waals surface area contributed by atoms with Crippen LogP contribution in [0.1, 0.15) is 39.9 Å². The first kappa shape index (κ1) is 23.2. The van der Waals surface area contributed by atoms with E-state index in [0.29, 0.717) is 22.6 Å². The van der Waals surface area contributed by atoms with Gasteiger partial charge in [0, 0.05) is 29.9 Å². The van der Waals surface area contributed by atoms with E-state index in [4.69, 9.17) is 0 Å². The van der Waals surface area contributed by atoms with Crippen molar-refractivity contribution in [2.45, 2.75) is 25.2 Å². The number of imidazole rings is 1. The number of aromatic nitrogens is 4. The Morgan fingerprint density at radius 2 is 1.89 bits per heavy atom. The molecule has 4 aromatic rings. The van der Waals surface area contributed by atoms with E-state index in [0.717, 1.165) is 41.1 Å². The minimum atomic E-state index is -4.38. The van der Waals surface area contributed by atoms with Gasteiger partial charge in [0.05, 0.1) is 35.7 Å². The highest BCUT2D eigenvalue weighted by molar-refractivity contribution is 7.15. The second-order valence-corrected chi connectivity index (χ2v) is 9.61. The SMILES string of the molecule is C[C@@H](NC(=O)c1cc2c(cn1)ncn2C1CN(C)C1)c1cnc(Nc2ccc(C(F)(F)F)cc2)s1. The van der Waals surface area contributed by atoms with Crippen LogP contribution in [-0.4, -0.2) is 50.5 Å². The number of nitrogens with one attached hydrogen (secondary N) is 2. The number of hydrogen-bond acceptors (Lipinski definition) is 7. The van der Waals surface area contributed by atoms with Crippen LogP contribution < -0.4 is 10.6 Å². The number of likely N-dealkylation sites (tertiary alicyclic amines) is 1. The van der Waals surface area contributed by atoms with Crippen molar-refractivity contribution in [3.63, 3.8) is 0 Å². The molecule has 5 rings (SSSR count). The number of thiazole rings is 1.